The standard InChI is InChI=1S/C9H7Cl2NO3/c10-4-7(11)5-12-2-1-6(9(14)15)3-8(12)13/h1-4H,5H2,(H,14,15)/b7-4-. The number of aromatic carboxylic acids is 1. The van der Waals surface area contributed by atoms with Gasteiger partial charge < -0.3 is 9.67 Å². The number of halogens is 2. The molecule has 0 fully saturated rings. The second kappa shape index (κ2) is 5.00. The van der Waals surface area contributed by atoms with E-state index < -0.39 is 11.5 Å². The minimum absolute atomic E-state index is 0.0535. The van der Waals surface area contributed by atoms with E-state index in [0.29, 0.717) is 5.03 Å². The Balaban J connectivity index is 3.04. The van der Waals surface area contributed by atoms with Crippen molar-refractivity contribution in [2.24, 2.45) is 0 Å². The number of rotatable bonds is 3. The van der Waals surface area contributed by atoms with E-state index in [-0.39, 0.29) is 12.1 Å². The summed E-state index contributed by atoms with van der Waals surface area (Å²) in [5.74, 6) is -1.14. The fraction of sp³-hybridized carbons (Fsp3) is 0.111. The van der Waals surface area contributed by atoms with E-state index in [9.17, 15) is 9.59 Å². The lowest BCUT2D eigenvalue weighted by Gasteiger charge is -2.03. The fourth-order valence-corrected chi connectivity index (χ4v) is 1.17. The maximum absolute atomic E-state index is 11.4. The van der Waals surface area contributed by atoms with Crippen molar-refractivity contribution >= 4 is 29.2 Å². The zero-order chi connectivity index (χ0) is 11.4. The maximum atomic E-state index is 11.4. The van der Waals surface area contributed by atoms with Gasteiger partial charge in [0.25, 0.3) is 5.56 Å². The van der Waals surface area contributed by atoms with Crippen LogP contribution in [-0.2, 0) is 6.54 Å². The van der Waals surface area contributed by atoms with E-state index in [1.54, 1.807) is 0 Å². The molecule has 0 atom stereocenters. The Hall–Kier alpha value is -1.26. The highest BCUT2D eigenvalue weighted by Gasteiger charge is 2.05. The predicted molar refractivity (Wildman–Crippen MR) is 57.5 cm³/mol. The number of carboxylic acids is 1. The zero-order valence-electron chi connectivity index (χ0n) is 7.48. The summed E-state index contributed by atoms with van der Waals surface area (Å²) < 4.78 is 1.26. The molecule has 0 aliphatic carbocycles. The Morgan fingerprint density at radius 2 is 2.27 bits per heavy atom. The van der Waals surface area contributed by atoms with Crippen LogP contribution in [0.1, 0.15) is 10.4 Å². The molecule has 0 unspecified atom stereocenters. The smallest absolute Gasteiger partial charge is 0.335 e. The van der Waals surface area contributed by atoms with Crippen molar-refractivity contribution in [1.82, 2.24) is 4.57 Å². The van der Waals surface area contributed by atoms with Gasteiger partial charge in [0, 0.05) is 22.8 Å². The molecule has 1 heterocycles. The number of carbonyl (C=O) groups is 1. The predicted octanol–water partition coefficient (Wildman–Crippen LogP) is 1.87. The van der Waals surface area contributed by atoms with E-state index >= 15 is 0 Å². The van der Waals surface area contributed by atoms with Crippen molar-refractivity contribution in [1.29, 1.82) is 0 Å². The highest BCUT2D eigenvalue weighted by molar-refractivity contribution is 6.36. The van der Waals surface area contributed by atoms with Gasteiger partial charge in [-0.1, -0.05) is 23.2 Å². The second-order valence-corrected chi connectivity index (χ2v) is 3.45. The summed E-state index contributed by atoms with van der Waals surface area (Å²) in [6, 6.07) is 2.35. The number of aromatic nitrogens is 1. The van der Waals surface area contributed by atoms with E-state index in [2.05, 4.69) is 0 Å². The lowest BCUT2D eigenvalue weighted by atomic mass is 10.3. The zero-order valence-corrected chi connectivity index (χ0v) is 9.00. The molecule has 1 N–H and O–H groups in total. The molecule has 1 aromatic rings. The number of pyridine rings is 1. The molecule has 80 valence electrons. The number of hydrogen-bond donors (Lipinski definition) is 1. The number of carboxylic acid groups (broad SMARTS) is 1. The first-order chi connectivity index (χ1) is 7.04. The summed E-state index contributed by atoms with van der Waals surface area (Å²) in [6.07, 6.45) is 1.36. The monoisotopic (exact) mass is 247 g/mol. The van der Waals surface area contributed by atoms with Gasteiger partial charge in [-0.15, -0.1) is 0 Å². The van der Waals surface area contributed by atoms with Crippen LogP contribution in [-0.4, -0.2) is 15.6 Å². The molecule has 15 heavy (non-hydrogen) atoms. The van der Waals surface area contributed by atoms with Crippen LogP contribution in [0.25, 0.3) is 0 Å². The number of hydrogen-bond acceptors (Lipinski definition) is 2. The highest BCUT2D eigenvalue weighted by atomic mass is 35.5. The van der Waals surface area contributed by atoms with Crippen molar-refractivity contribution in [3.8, 4) is 0 Å². The molecule has 0 saturated heterocycles. The second-order valence-electron chi connectivity index (χ2n) is 2.74. The van der Waals surface area contributed by atoms with Gasteiger partial charge in [-0.2, -0.15) is 0 Å². The summed E-state index contributed by atoms with van der Waals surface area (Å²) in [4.78, 5) is 21.9. The summed E-state index contributed by atoms with van der Waals surface area (Å²) in [5.41, 5.74) is 0.660. The summed E-state index contributed by atoms with van der Waals surface area (Å²) in [6.45, 7) is 0.129. The molecule has 0 radical (unpaired) electrons. The topological polar surface area (TPSA) is 59.3 Å². The minimum atomic E-state index is -1.14. The van der Waals surface area contributed by atoms with Gasteiger partial charge >= 0.3 is 5.97 Å². The van der Waals surface area contributed by atoms with E-state index in [0.717, 1.165) is 11.6 Å². The Kier molecular flexibility index (Phi) is 3.94. The molecule has 0 bridgehead atoms. The quantitative estimate of drug-likeness (QED) is 0.888. The molecule has 0 aliphatic rings. The van der Waals surface area contributed by atoms with Crippen molar-refractivity contribution in [2.75, 3.05) is 0 Å². The third-order valence-electron chi connectivity index (χ3n) is 1.68. The van der Waals surface area contributed by atoms with Crippen LogP contribution in [0.4, 0.5) is 0 Å². The Morgan fingerprint density at radius 3 is 2.73 bits per heavy atom. The molecular formula is C9H7Cl2NO3. The molecule has 0 spiro atoms. The van der Waals surface area contributed by atoms with Gasteiger partial charge in [0.15, 0.2) is 0 Å². The Bertz CT molecular complexity index is 465. The fourth-order valence-electron chi connectivity index (χ4n) is 0.969. The summed E-state index contributed by atoms with van der Waals surface area (Å²) in [7, 11) is 0. The van der Waals surface area contributed by atoms with E-state index in [1.165, 1.54) is 16.8 Å². The molecule has 1 rings (SSSR count). The van der Waals surface area contributed by atoms with Gasteiger partial charge in [0.05, 0.1) is 12.1 Å². The first-order valence-electron chi connectivity index (χ1n) is 3.93. The van der Waals surface area contributed by atoms with Gasteiger partial charge in [-0.25, -0.2) is 4.79 Å². The third-order valence-corrected chi connectivity index (χ3v) is 2.29. The maximum Gasteiger partial charge on any atom is 0.335 e. The Morgan fingerprint density at radius 1 is 1.60 bits per heavy atom. The lowest BCUT2D eigenvalue weighted by molar-refractivity contribution is 0.0696. The third kappa shape index (κ3) is 3.11. The number of allylic oxidation sites excluding steroid dienone is 1. The minimum Gasteiger partial charge on any atom is -0.478 e. The first-order valence-corrected chi connectivity index (χ1v) is 4.74. The molecule has 0 aliphatic heterocycles. The lowest BCUT2D eigenvalue weighted by Crippen LogP contribution is -2.20. The van der Waals surface area contributed by atoms with Gasteiger partial charge in [-0.3, -0.25) is 4.79 Å². The summed E-state index contributed by atoms with van der Waals surface area (Å²) >= 11 is 11.0. The first kappa shape index (κ1) is 11.8. The SMILES string of the molecule is O=C(O)c1ccn(C/C(Cl)=C/Cl)c(=O)c1. The molecule has 1 aromatic heterocycles. The van der Waals surface area contributed by atoms with Crippen LogP contribution < -0.4 is 5.56 Å². The van der Waals surface area contributed by atoms with Gasteiger partial charge in [0.1, 0.15) is 0 Å². The molecule has 0 saturated carbocycles. The van der Waals surface area contributed by atoms with Gasteiger partial charge in [0.2, 0.25) is 0 Å². The van der Waals surface area contributed by atoms with Crippen molar-refractivity contribution in [3.63, 3.8) is 0 Å². The molecule has 4 nitrogen and oxygen atoms in total. The molecule has 6 heteroatoms. The van der Waals surface area contributed by atoms with Crippen molar-refractivity contribution < 1.29 is 9.90 Å². The van der Waals surface area contributed by atoms with Crippen LogP contribution in [0.3, 0.4) is 0 Å². The molecule has 0 aromatic carbocycles. The summed E-state index contributed by atoms with van der Waals surface area (Å²) in [5, 5.41) is 8.91. The van der Waals surface area contributed by atoms with Crippen molar-refractivity contribution in [2.45, 2.75) is 6.54 Å². The van der Waals surface area contributed by atoms with E-state index in [1.807, 2.05) is 0 Å². The average molecular weight is 248 g/mol. The van der Waals surface area contributed by atoms with E-state index in [4.69, 9.17) is 28.3 Å². The number of nitrogens with zero attached hydrogens (tertiary/aromatic N) is 1. The normalized spacial score (nSPS) is 11.5. The van der Waals surface area contributed by atoms with Crippen LogP contribution in [0.2, 0.25) is 0 Å². The average Bonchev–Trinajstić information content (AvgIpc) is 2.20. The molecule has 0 amide bonds. The molecular weight excluding hydrogens is 241 g/mol. The highest BCUT2D eigenvalue weighted by Crippen LogP contribution is 2.05. The van der Waals surface area contributed by atoms with Crippen LogP contribution in [0.5, 0.6) is 0 Å². The Labute approximate surface area is 95.4 Å². The van der Waals surface area contributed by atoms with Crippen LogP contribution >= 0.6 is 23.2 Å². The van der Waals surface area contributed by atoms with Crippen LogP contribution in [0.15, 0.2) is 33.7 Å². The van der Waals surface area contributed by atoms with Crippen LogP contribution in [0, 0.1) is 0 Å². The van der Waals surface area contributed by atoms with Crippen molar-refractivity contribution in [3.05, 3.63) is 44.8 Å². The largest absolute Gasteiger partial charge is 0.478 e. The van der Waals surface area contributed by atoms with Gasteiger partial charge in [-0.05, 0) is 6.07 Å².